The van der Waals surface area contributed by atoms with Gasteiger partial charge < -0.3 is 5.11 Å². The molecule has 1 aliphatic heterocycles. The van der Waals surface area contributed by atoms with Gasteiger partial charge in [0.2, 0.25) is 5.69 Å². The highest BCUT2D eigenvalue weighted by atomic mass is 32.2. The van der Waals surface area contributed by atoms with E-state index in [0.29, 0.717) is 44.2 Å². The van der Waals surface area contributed by atoms with E-state index in [0.717, 1.165) is 24.2 Å². The van der Waals surface area contributed by atoms with Crippen LogP contribution in [-0.2, 0) is 34.6 Å². The Labute approximate surface area is 254 Å². The molecule has 1 unspecified atom stereocenters. The number of nitrogens with zero attached hydrogens (tertiary/aromatic N) is 2. The van der Waals surface area contributed by atoms with Crippen LogP contribution in [0.3, 0.4) is 0 Å². The first-order chi connectivity index (χ1) is 20.4. The third-order valence-electron chi connectivity index (χ3n) is 7.31. The van der Waals surface area contributed by atoms with Crippen LogP contribution < -0.4 is 0 Å². The summed E-state index contributed by atoms with van der Waals surface area (Å²) in [6, 6.07) is 14.4. The highest BCUT2D eigenvalue weighted by molar-refractivity contribution is 7.86. The Morgan fingerprint density at radius 2 is 1.77 bits per heavy atom. The van der Waals surface area contributed by atoms with Crippen LogP contribution in [0.1, 0.15) is 57.4 Å². The quantitative estimate of drug-likeness (QED) is 0.0572. The number of benzene rings is 2. The molecule has 2 aromatic rings. The van der Waals surface area contributed by atoms with Crippen molar-refractivity contribution in [3.05, 3.63) is 78.4 Å². The summed E-state index contributed by atoms with van der Waals surface area (Å²) in [5.41, 5.74) is 2.39. The van der Waals surface area contributed by atoms with E-state index in [4.69, 9.17) is 9.29 Å². The van der Waals surface area contributed by atoms with E-state index in [1.807, 2.05) is 61.6 Å². The molecule has 2 aromatic carbocycles. The molecule has 0 saturated carbocycles. The molecule has 12 heteroatoms. The molecule has 10 nitrogen and oxygen atoms in total. The van der Waals surface area contributed by atoms with Gasteiger partial charge in [-0.2, -0.15) is 21.4 Å². The van der Waals surface area contributed by atoms with E-state index < -0.39 is 37.4 Å². The molecule has 1 atom stereocenters. The number of fused-ring (bicyclic) bond motifs is 1. The largest absolute Gasteiger partial charge is 0.481 e. The van der Waals surface area contributed by atoms with E-state index in [1.54, 1.807) is 18.3 Å². The predicted octanol–water partition coefficient (Wildman–Crippen LogP) is 5.60. The number of unbranched alkanes of at least 4 members (excludes halogenated alkanes) is 2. The highest BCUT2D eigenvalue weighted by Crippen LogP contribution is 2.44. The molecule has 0 fully saturated rings. The van der Waals surface area contributed by atoms with Gasteiger partial charge >= 0.3 is 5.97 Å². The number of hydrogen-bond donors (Lipinski definition) is 2. The lowest BCUT2D eigenvalue weighted by molar-refractivity contribution is -0.438. The van der Waals surface area contributed by atoms with Crippen LogP contribution in [0.25, 0.3) is 0 Å². The first-order valence-corrected chi connectivity index (χ1v) is 17.1. The zero-order valence-electron chi connectivity index (χ0n) is 24.4. The number of aliphatic imine (C=N–C) groups is 1. The van der Waals surface area contributed by atoms with Gasteiger partial charge in [-0.25, -0.2) is 0 Å². The number of hydrogen-bond acceptors (Lipinski definition) is 7. The summed E-state index contributed by atoms with van der Waals surface area (Å²) in [6.07, 6.45) is 12.5. The zero-order valence-corrected chi connectivity index (χ0v) is 26.1. The lowest BCUT2D eigenvalue weighted by Crippen LogP contribution is -2.32. The number of carboxylic acids is 1. The fraction of sp³-hybridized carbons (Fsp3) is 0.387. The van der Waals surface area contributed by atoms with Gasteiger partial charge in [-0.05, 0) is 56.9 Å². The molecule has 0 bridgehead atoms. The first-order valence-electron chi connectivity index (χ1n) is 14.1. The Balaban J connectivity index is 1.96. The second-order valence-electron chi connectivity index (χ2n) is 10.4. The number of allylic oxidation sites excluding steroid dienone is 4. The van der Waals surface area contributed by atoms with E-state index in [1.165, 1.54) is 6.07 Å². The summed E-state index contributed by atoms with van der Waals surface area (Å²) < 4.78 is 64.4. The lowest BCUT2D eigenvalue weighted by atomic mass is 9.76. The van der Waals surface area contributed by atoms with Crippen molar-refractivity contribution >= 4 is 49.5 Å². The average molecular weight is 632 g/mol. The Kier molecular flexibility index (Phi) is 12.1. The maximum absolute atomic E-state index is 12.6. The molecule has 1 aliphatic rings. The summed E-state index contributed by atoms with van der Waals surface area (Å²) in [4.78, 5) is 15.4. The molecule has 3 rings (SSSR count). The molecule has 0 amide bonds. The van der Waals surface area contributed by atoms with Crippen molar-refractivity contribution in [1.82, 2.24) is 0 Å². The topological polar surface area (TPSA) is 150 Å². The van der Waals surface area contributed by atoms with Gasteiger partial charge in [-0.3, -0.25) is 18.5 Å². The normalized spacial score (nSPS) is 17.5. The maximum atomic E-state index is 12.6. The van der Waals surface area contributed by atoms with Gasteiger partial charge in [0.1, 0.15) is 6.54 Å². The molecule has 2 N–H and O–H groups in total. The Morgan fingerprint density at radius 3 is 2.44 bits per heavy atom. The summed E-state index contributed by atoms with van der Waals surface area (Å²) in [7, 11) is -7.09. The van der Waals surface area contributed by atoms with Crippen molar-refractivity contribution < 1.29 is 40.0 Å². The predicted molar refractivity (Wildman–Crippen MR) is 167 cm³/mol. The molecule has 0 saturated heterocycles. The van der Waals surface area contributed by atoms with Crippen molar-refractivity contribution in [2.45, 2.75) is 62.2 Å². The Hall–Kier alpha value is -3.45. The van der Waals surface area contributed by atoms with Gasteiger partial charge in [0.05, 0.1) is 28.9 Å². The highest BCUT2D eigenvalue weighted by Gasteiger charge is 2.47. The van der Waals surface area contributed by atoms with E-state index in [-0.39, 0.29) is 17.7 Å². The molecule has 0 spiro atoms. The van der Waals surface area contributed by atoms with Crippen LogP contribution in [0.2, 0.25) is 0 Å². The van der Waals surface area contributed by atoms with Gasteiger partial charge in [0.15, 0.2) is 5.71 Å². The fourth-order valence-corrected chi connectivity index (χ4v) is 6.35. The average Bonchev–Trinajstić information content (AvgIpc) is 3.18. The van der Waals surface area contributed by atoms with Crippen LogP contribution in [0.4, 0.5) is 11.4 Å². The second kappa shape index (κ2) is 15.3. The van der Waals surface area contributed by atoms with Crippen LogP contribution in [-0.4, -0.2) is 68.4 Å². The monoisotopic (exact) mass is 631 g/mol. The number of rotatable bonds is 17. The number of carbonyl (C=O) groups is 1. The zero-order chi connectivity index (χ0) is 31.5. The first kappa shape index (κ1) is 34.0. The summed E-state index contributed by atoms with van der Waals surface area (Å²) in [5, 5.41) is 8.99. The minimum atomic E-state index is -4.19. The van der Waals surface area contributed by atoms with Crippen LogP contribution in [0.15, 0.2) is 82.7 Å². The van der Waals surface area contributed by atoms with Crippen molar-refractivity contribution in [1.29, 1.82) is 0 Å². The van der Waals surface area contributed by atoms with Crippen molar-refractivity contribution in [3.8, 4) is 0 Å². The van der Waals surface area contributed by atoms with Gasteiger partial charge in [0.25, 0.3) is 20.2 Å². The Morgan fingerprint density at radius 1 is 1.02 bits per heavy atom. The minimum Gasteiger partial charge on any atom is -0.481 e. The maximum Gasteiger partial charge on any atom is 0.303 e. The standard InChI is InChI=1S/C31H38N2O8S2/c1-31(20-13-23-42(36,37)38)27-24-26(43(39,40)41-2)18-19-28(27)33(22-12-6-10-17-30(34)35)29(31)16-9-3-4-11-21-32-25-14-7-5-8-15-25/h3-5,7-9,14-16,18-19,21,24H,6,10-13,17,20,22-23H2,1-2H3,(H-,34,35,36,37,38)/p+1/b4-3+,16-9+,32-21?. The molecule has 0 aromatic heterocycles. The van der Waals surface area contributed by atoms with Crippen molar-refractivity contribution in [2.24, 2.45) is 4.99 Å². The van der Waals surface area contributed by atoms with E-state index >= 15 is 0 Å². The third kappa shape index (κ3) is 9.78. The molecular formula is C31H39N2O8S2+. The molecule has 43 heavy (non-hydrogen) atoms. The minimum absolute atomic E-state index is 0.0148. The Bertz CT molecular complexity index is 1610. The van der Waals surface area contributed by atoms with Gasteiger partial charge in [-0.1, -0.05) is 36.4 Å². The van der Waals surface area contributed by atoms with Crippen LogP contribution >= 0.6 is 0 Å². The molecule has 0 aliphatic carbocycles. The third-order valence-corrected chi connectivity index (χ3v) is 9.38. The molecule has 0 radical (unpaired) electrons. The SMILES string of the molecule is COS(=O)(=O)c1ccc2c(c1)C(C)(CCCS(=O)(=O)O)C(/C=C/C=C/CC=Nc1ccccc1)=[N+]2CCCCCC(=O)O. The van der Waals surface area contributed by atoms with Crippen molar-refractivity contribution in [2.75, 3.05) is 19.4 Å². The van der Waals surface area contributed by atoms with Gasteiger partial charge in [0, 0.05) is 43.2 Å². The van der Waals surface area contributed by atoms with Gasteiger partial charge in [-0.15, -0.1) is 0 Å². The van der Waals surface area contributed by atoms with Crippen molar-refractivity contribution in [3.63, 3.8) is 0 Å². The van der Waals surface area contributed by atoms with Crippen LogP contribution in [0, 0.1) is 0 Å². The molecule has 232 valence electrons. The van der Waals surface area contributed by atoms with E-state index in [2.05, 4.69) is 9.57 Å². The molecular weight excluding hydrogens is 592 g/mol. The lowest BCUT2D eigenvalue weighted by Gasteiger charge is -2.22. The van der Waals surface area contributed by atoms with E-state index in [9.17, 15) is 26.2 Å². The second-order valence-corrected chi connectivity index (χ2v) is 13.7. The number of para-hydroxylation sites is 1. The summed E-state index contributed by atoms with van der Waals surface area (Å²) >= 11 is 0. The smallest absolute Gasteiger partial charge is 0.303 e. The summed E-state index contributed by atoms with van der Waals surface area (Å²) in [6.45, 7) is 2.48. The number of carboxylic acid groups (broad SMARTS) is 1. The molecule has 1 heterocycles. The summed E-state index contributed by atoms with van der Waals surface area (Å²) in [5.74, 6) is -1.28. The van der Waals surface area contributed by atoms with Crippen LogP contribution in [0.5, 0.6) is 0 Å². The fourth-order valence-electron chi connectivity index (χ4n) is 5.16. The number of aliphatic carboxylic acids is 1.